The Kier molecular flexibility index (Phi) is 4.39. The normalized spacial score (nSPS) is 12.0. The Morgan fingerprint density at radius 1 is 1.16 bits per heavy atom. The molecule has 0 saturated carbocycles. The maximum atomic E-state index is 6.25. The molecule has 0 radical (unpaired) electrons. The van der Waals surface area contributed by atoms with E-state index < -0.39 is 0 Å². The van der Waals surface area contributed by atoms with Gasteiger partial charge in [-0.05, 0) is 46.3 Å². The SMILES string of the molecule is COc1ccc(OC)c(C(N)c2ccc(Br)cn2)c1. The molecule has 4 nitrogen and oxygen atoms in total. The number of hydrogen-bond acceptors (Lipinski definition) is 4. The fourth-order valence-corrected chi connectivity index (χ4v) is 2.05. The molecule has 5 heteroatoms. The molecule has 2 aromatic rings. The summed E-state index contributed by atoms with van der Waals surface area (Å²) in [4.78, 5) is 4.32. The topological polar surface area (TPSA) is 57.4 Å². The van der Waals surface area contributed by atoms with E-state index in [1.165, 1.54) is 0 Å². The molecule has 1 heterocycles. The molecule has 0 aliphatic heterocycles. The van der Waals surface area contributed by atoms with Gasteiger partial charge in [-0.1, -0.05) is 0 Å². The summed E-state index contributed by atoms with van der Waals surface area (Å²) in [7, 11) is 3.24. The van der Waals surface area contributed by atoms with Crippen LogP contribution in [0.25, 0.3) is 0 Å². The number of halogens is 1. The van der Waals surface area contributed by atoms with Gasteiger partial charge in [0.1, 0.15) is 11.5 Å². The molecule has 1 unspecified atom stereocenters. The second-order valence-corrected chi connectivity index (χ2v) is 4.90. The number of rotatable bonds is 4. The average Bonchev–Trinajstić information content (AvgIpc) is 2.46. The number of nitrogens with zero attached hydrogens (tertiary/aromatic N) is 1. The third-order valence-corrected chi connectivity index (χ3v) is 3.31. The van der Waals surface area contributed by atoms with E-state index in [2.05, 4.69) is 20.9 Å². The fraction of sp³-hybridized carbons (Fsp3) is 0.214. The first-order valence-corrected chi connectivity index (χ1v) is 6.54. The molecule has 100 valence electrons. The molecule has 1 atom stereocenters. The quantitative estimate of drug-likeness (QED) is 0.940. The third-order valence-electron chi connectivity index (χ3n) is 2.84. The van der Waals surface area contributed by atoms with Crippen LogP contribution in [0.3, 0.4) is 0 Å². The van der Waals surface area contributed by atoms with Crippen LogP contribution in [0.15, 0.2) is 41.0 Å². The maximum Gasteiger partial charge on any atom is 0.124 e. The van der Waals surface area contributed by atoms with Crippen LogP contribution in [0.2, 0.25) is 0 Å². The zero-order chi connectivity index (χ0) is 13.8. The maximum absolute atomic E-state index is 6.25. The molecule has 0 fully saturated rings. The van der Waals surface area contributed by atoms with Crippen molar-refractivity contribution < 1.29 is 9.47 Å². The number of ether oxygens (including phenoxy) is 2. The molecule has 0 amide bonds. The van der Waals surface area contributed by atoms with Gasteiger partial charge in [-0.3, -0.25) is 4.98 Å². The first-order chi connectivity index (χ1) is 9.15. The Morgan fingerprint density at radius 3 is 2.53 bits per heavy atom. The Labute approximate surface area is 120 Å². The van der Waals surface area contributed by atoms with E-state index in [-0.39, 0.29) is 6.04 Å². The third kappa shape index (κ3) is 3.05. The minimum Gasteiger partial charge on any atom is -0.497 e. The lowest BCUT2D eigenvalue weighted by molar-refractivity contribution is 0.397. The second kappa shape index (κ2) is 6.04. The van der Waals surface area contributed by atoms with Gasteiger partial charge in [0.25, 0.3) is 0 Å². The highest BCUT2D eigenvalue weighted by Gasteiger charge is 2.16. The monoisotopic (exact) mass is 322 g/mol. The van der Waals surface area contributed by atoms with Crippen LogP contribution in [-0.4, -0.2) is 19.2 Å². The van der Waals surface area contributed by atoms with E-state index in [4.69, 9.17) is 15.2 Å². The van der Waals surface area contributed by atoms with Gasteiger partial charge in [0.15, 0.2) is 0 Å². The van der Waals surface area contributed by atoms with Crippen molar-refractivity contribution >= 4 is 15.9 Å². The summed E-state index contributed by atoms with van der Waals surface area (Å²) in [5.41, 5.74) is 7.87. The standard InChI is InChI=1S/C14H15BrN2O2/c1-18-10-4-6-13(19-2)11(7-10)14(16)12-5-3-9(15)8-17-12/h3-8,14H,16H2,1-2H3. The molecule has 0 saturated heterocycles. The van der Waals surface area contributed by atoms with E-state index in [1.54, 1.807) is 20.4 Å². The van der Waals surface area contributed by atoms with E-state index in [1.807, 2.05) is 30.3 Å². The number of nitrogens with two attached hydrogens (primary N) is 1. The Bertz CT molecular complexity index is 558. The first kappa shape index (κ1) is 13.8. The summed E-state index contributed by atoms with van der Waals surface area (Å²) in [6.07, 6.45) is 1.72. The van der Waals surface area contributed by atoms with Gasteiger partial charge in [0.05, 0.1) is 26.0 Å². The van der Waals surface area contributed by atoms with Gasteiger partial charge < -0.3 is 15.2 Å². The first-order valence-electron chi connectivity index (χ1n) is 5.74. The van der Waals surface area contributed by atoms with Gasteiger partial charge in [0, 0.05) is 16.2 Å². The van der Waals surface area contributed by atoms with Gasteiger partial charge in [0.2, 0.25) is 0 Å². The van der Waals surface area contributed by atoms with E-state index in [9.17, 15) is 0 Å². The molecule has 2 N–H and O–H groups in total. The molecule has 1 aromatic carbocycles. The van der Waals surface area contributed by atoms with Crippen molar-refractivity contribution in [2.45, 2.75) is 6.04 Å². The molecule has 2 rings (SSSR count). The largest absolute Gasteiger partial charge is 0.497 e. The predicted octanol–water partition coefficient (Wildman–Crippen LogP) is 2.91. The Morgan fingerprint density at radius 2 is 1.95 bits per heavy atom. The van der Waals surface area contributed by atoms with Gasteiger partial charge in [-0.2, -0.15) is 0 Å². The smallest absolute Gasteiger partial charge is 0.124 e. The average molecular weight is 323 g/mol. The van der Waals surface area contributed by atoms with E-state index >= 15 is 0 Å². The van der Waals surface area contributed by atoms with Crippen LogP contribution in [-0.2, 0) is 0 Å². The summed E-state index contributed by atoms with van der Waals surface area (Å²) >= 11 is 3.35. The highest BCUT2D eigenvalue weighted by molar-refractivity contribution is 9.10. The van der Waals surface area contributed by atoms with Gasteiger partial charge in [-0.15, -0.1) is 0 Å². The van der Waals surface area contributed by atoms with Crippen molar-refractivity contribution in [3.63, 3.8) is 0 Å². The molecule has 0 bridgehead atoms. The zero-order valence-corrected chi connectivity index (χ0v) is 12.3. The summed E-state index contributed by atoms with van der Waals surface area (Å²) in [6.45, 7) is 0. The number of pyridine rings is 1. The van der Waals surface area contributed by atoms with Crippen LogP contribution in [0.1, 0.15) is 17.3 Å². The van der Waals surface area contributed by atoms with Crippen molar-refractivity contribution in [3.8, 4) is 11.5 Å². The van der Waals surface area contributed by atoms with Crippen molar-refractivity contribution in [3.05, 3.63) is 52.3 Å². The van der Waals surface area contributed by atoms with Crippen LogP contribution >= 0.6 is 15.9 Å². The van der Waals surface area contributed by atoms with Crippen LogP contribution in [0.4, 0.5) is 0 Å². The second-order valence-electron chi connectivity index (χ2n) is 3.99. The van der Waals surface area contributed by atoms with Gasteiger partial charge >= 0.3 is 0 Å². The summed E-state index contributed by atoms with van der Waals surface area (Å²) in [6, 6.07) is 8.98. The van der Waals surface area contributed by atoms with Crippen LogP contribution < -0.4 is 15.2 Å². The predicted molar refractivity (Wildman–Crippen MR) is 77.5 cm³/mol. The van der Waals surface area contributed by atoms with Crippen molar-refractivity contribution in [1.29, 1.82) is 0 Å². The molecule has 19 heavy (non-hydrogen) atoms. The van der Waals surface area contributed by atoms with E-state index in [0.29, 0.717) is 0 Å². The molecule has 0 aliphatic rings. The molecular formula is C14H15BrN2O2. The Balaban J connectivity index is 2.41. The van der Waals surface area contributed by atoms with E-state index in [0.717, 1.165) is 27.2 Å². The summed E-state index contributed by atoms with van der Waals surface area (Å²) in [5.74, 6) is 1.46. The van der Waals surface area contributed by atoms with Crippen molar-refractivity contribution in [1.82, 2.24) is 4.98 Å². The lowest BCUT2D eigenvalue weighted by Crippen LogP contribution is -2.14. The zero-order valence-electron chi connectivity index (χ0n) is 10.8. The molecule has 0 aliphatic carbocycles. The van der Waals surface area contributed by atoms with Crippen molar-refractivity contribution in [2.75, 3.05) is 14.2 Å². The lowest BCUT2D eigenvalue weighted by Gasteiger charge is -2.16. The van der Waals surface area contributed by atoms with Gasteiger partial charge in [-0.25, -0.2) is 0 Å². The summed E-state index contributed by atoms with van der Waals surface area (Å²) < 4.78 is 11.5. The fourth-order valence-electron chi connectivity index (χ4n) is 1.81. The minimum absolute atomic E-state index is 0.363. The Hall–Kier alpha value is -1.59. The highest BCUT2D eigenvalue weighted by Crippen LogP contribution is 2.31. The number of hydrogen-bond donors (Lipinski definition) is 1. The number of methoxy groups -OCH3 is 2. The number of benzene rings is 1. The van der Waals surface area contributed by atoms with Crippen LogP contribution in [0.5, 0.6) is 11.5 Å². The molecule has 1 aromatic heterocycles. The highest BCUT2D eigenvalue weighted by atomic mass is 79.9. The molecule has 0 spiro atoms. The van der Waals surface area contributed by atoms with Crippen molar-refractivity contribution in [2.24, 2.45) is 5.73 Å². The van der Waals surface area contributed by atoms with Crippen LogP contribution in [0, 0.1) is 0 Å². The molecular weight excluding hydrogens is 308 g/mol. The number of aromatic nitrogens is 1. The minimum atomic E-state index is -0.363. The summed E-state index contributed by atoms with van der Waals surface area (Å²) in [5, 5.41) is 0. The lowest BCUT2D eigenvalue weighted by atomic mass is 10.0.